The molecule has 151 valence electrons. The molecule has 1 aromatic rings. The minimum absolute atomic E-state index is 0.0817. The predicted molar refractivity (Wildman–Crippen MR) is 91.6 cm³/mol. The first-order valence-electron chi connectivity index (χ1n) is 6.87. The SMILES string of the molecule is Nc1nc2c(c(=O)[nH]1)NC1C([S-])=C([S-])C(COP(=O)(O)O)O[C@H]1N2.[O]=[Mo][OH]. The van der Waals surface area contributed by atoms with Crippen LogP contribution in [0.2, 0.25) is 0 Å². The number of aromatic nitrogens is 2. The zero-order chi connectivity index (χ0) is 20.4. The number of phosphoric ester groups is 1. The van der Waals surface area contributed by atoms with Gasteiger partial charge in [0.15, 0.2) is 12.0 Å². The number of hydrogen-bond donors (Lipinski definition) is 7. The van der Waals surface area contributed by atoms with Crippen LogP contribution in [0, 0.1) is 0 Å². The molecule has 0 aliphatic carbocycles. The van der Waals surface area contributed by atoms with Crippen LogP contribution in [0.15, 0.2) is 14.6 Å². The Hall–Kier alpha value is -1.02. The molecule has 13 nitrogen and oxygen atoms in total. The van der Waals surface area contributed by atoms with Crippen molar-refractivity contribution >= 4 is 50.5 Å². The van der Waals surface area contributed by atoms with E-state index in [4.69, 9.17) is 52.7 Å². The molecule has 3 heterocycles. The Kier molecular flexibility index (Phi) is 7.41. The number of anilines is 3. The van der Waals surface area contributed by atoms with Crippen molar-refractivity contribution in [3.8, 4) is 0 Å². The molecule has 0 fully saturated rings. The third kappa shape index (κ3) is 5.50. The molecule has 2 unspecified atom stereocenters. The Balaban J connectivity index is 0.000000817. The summed E-state index contributed by atoms with van der Waals surface area (Å²) in [5, 5.41) is 5.76. The second-order valence-corrected chi connectivity index (χ2v) is 7.56. The Morgan fingerprint density at radius 1 is 1.33 bits per heavy atom. The van der Waals surface area contributed by atoms with Gasteiger partial charge in [0, 0.05) is 0 Å². The van der Waals surface area contributed by atoms with E-state index in [2.05, 4.69) is 25.1 Å². The Bertz CT molecular complexity index is 862. The molecule has 3 atom stereocenters. The zero-order valence-corrected chi connectivity index (χ0v) is 17.6. The van der Waals surface area contributed by atoms with Crippen LogP contribution in [0.5, 0.6) is 0 Å². The van der Waals surface area contributed by atoms with Gasteiger partial charge < -0.3 is 56.1 Å². The number of nitrogens with one attached hydrogen (secondary N) is 3. The van der Waals surface area contributed by atoms with E-state index in [1.807, 2.05) is 0 Å². The number of ether oxygens (including phenoxy) is 1. The topological polar surface area (TPSA) is 209 Å². The van der Waals surface area contributed by atoms with Crippen LogP contribution in [-0.2, 0) is 61.4 Å². The molecule has 0 saturated heterocycles. The van der Waals surface area contributed by atoms with Crippen molar-refractivity contribution in [2.24, 2.45) is 0 Å². The summed E-state index contributed by atoms with van der Waals surface area (Å²) in [6.07, 6.45) is -1.70. The van der Waals surface area contributed by atoms with Gasteiger partial charge in [0.2, 0.25) is 5.95 Å². The fraction of sp³-hybridized carbons (Fsp3) is 0.400. The number of rotatable bonds is 3. The summed E-state index contributed by atoms with van der Waals surface area (Å²) in [6, 6.07) is -0.627. The summed E-state index contributed by atoms with van der Waals surface area (Å²) < 4.78 is 36.7. The number of aromatic amines is 1. The van der Waals surface area contributed by atoms with Gasteiger partial charge in [-0.3, -0.25) is 14.3 Å². The van der Waals surface area contributed by atoms with Crippen molar-refractivity contribution in [2.75, 3.05) is 23.0 Å². The van der Waals surface area contributed by atoms with Crippen molar-refractivity contribution in [3.05, 3.63) is 20.2 Å². The third-order valence-electron chi connectivity index (χ3n) is 3.34. The van der Waals surface area contributed by atoms with E-state index in [-0.39, 0.29) is 27.3 Å². The van der Waals surface area contributed by atoms with Crippen LogP contribution >= 0.6 is 7.82 Å². The van der Waals surface area contributed by atoms with Crippen molar-refractivity contribution in [1.82, 2.24) is 9.97 Å². The van der Waals surface area contributed by atoms with Gasteiger partial charge in [-0.2, -0.15) is 14.8 Å². The maximum absolute atomic E-state index is 11.9. The molecule has 0 bridgehead atoms. The van der Waals surface area contributed by atoms with Crippen LogP contribution in [-0.4, -0.2) is 48.5 Å². The number of hydrogen-bond acceptors (Lipinski definition) is 11. The van der Waals surface area contributed by atoms with Gasteiger partial charge in [0.05, 0.1) is 18.8 Å². The molecule has 8 N–H and O–H groups in total. The average molecular weight is 522 g/mol. The van der Waals surface area contributed by atoms with E-state index in [0.717, 1.165) is 0 Å². The molecule has 0 amide bonds. The molecule has 27 heavy (non-hydrogen) atoms. The summed E-state index contributed by atoms with van der Waals surface area (Å²) in [6.45, 7) is -0.466. The Morgan fingerprint density at radius 3 is 2.56 bits per heavy atom. The first-order valence-corrected chi connectivity index (χ1v) is 10.9. The van der Waals surface area contributed by atoms with Gasteiger partial charge in [-0.25, -0.2) is 4.57 Å². The summed E-state index contributed by atoms with van der Waals surface area (Å²) in [4.78, 5) is 36.3. The number of phosphoric acid groups is 1. The summed E-state index contributed by atoms with van der Waals surface area (Å²) in [5.74, 6) is 0.0876. The Labute approximate surface area is 171 Å². The van der Waals surface area contributed by atoms with Crippen LogP contribution in [0.4, 0.5) is 17.5 Å². The van der Waals surface area contributed by atoms with E-state index >= 15 is 0 Å². The van der Waals surface area contributed by atoms with Crippen LogP contribution in [0.1, 0.15) is 0 Å². The quantitative estimate of drug-likeness (QED) is 0.130. The van der Waals surface area contributed by atoms with Crippen molar-refractivity contribution in [1.29, 1.82) is 0 Å². The number of nitrogens with two attached hydrogens (primary N) is 1. The van der Waals surface area contributed by atoms with Gasteiger partial charge in [0.25, 0.3) is 5.56 Å². The fourth-order valence-electron chi connectivity index (χ4n) is 2.32. The number of nitrogen functional groups attached to an aromatic ring is 1. The second-order valence-electron chi connectivity index (χ2n) is 5.08. The first kappa shape index (κ1) is 22.3. The third-order valence-corrected chi connectivity index (χ3v) is 4.91. The van der Waals surface area contributed by atoms with Crippen molar-refractivity contribution < 1.29 is 49.7 Å². The minimum atomic E-state index is -4.67. The monoisotopic (exact) mass is 524 g/mol. The van der Waals surface area contributed by atoms with Gasteiger partial charge >= 0.3 is 33.9 Å². The van der Waals surface area contributed by atoms with E-state index in [1.54, 1.807) is 0 Å². The van der Waals surface area contributed by atoms with Gasteiger partial charge in [-0.15, -0.1) is 0 Å². The molecule has 2 aliphatic rings. The number of nitrogens with zero attached hydrogens (tertiary/aromatic N) is 1. The molecule has 3 rings (SSSR count). The van der Waals surface area contributed by atoms with Gasteiger partial charge in [-0.1, -0.05) is 0 Å². The van der Waals surface area contributed by atoms with Crippen LogP contribution in [0.3, 0.4) is 0 Å². The number of fused-ring (bicyclic) bond motifs is 2. The average Bonchev–Trinajstić information content (AvgIpc) is 2.55. The standard InChI is InChI=1S/C10H14N5O6PS2.Mo.H2O.O/c11-10-14-7-4(8(16)15-10)12-3-6(24)5(23)2(21-9(3)13-7)1-20-22(17,18)19;;;/h2-3,9,12,23-24H,1H2,(H2,17,18,19)(H4,11,13,14,15,16);;1H2;/q;+1;;/p-3/t2?,3?,9-;;;/m1.../s1. The fourth-order valence-corrected chi connectivity index (χ4v) is 3.22. The molecular formula is C10H13MoN5O8PS2-2. The van der Waals surface area contributed by atoms with Gasteiger partial charge in [-0.05, 0) is 0 Å². The first-order chi connectivity index (χ1) is 12.6. The predicted octanol–water partition coefficient (Wildman–Crippen LogP) is -1.98. The normalized spacial score (nSPS) is 23.7. The number of H-pyrrole nitrogens is 1. The zero-order valence-electron chi connectivity index (χ0n) is 13.0. The van der Waals surface area contributed by atoms with Gasteiger partial charge in [0.1, 0.15) is 5.69 Å². The summed E-state index contributed by atoms with van der Waals surface area (Å²) >= 11 is 8.67. The van der Waals surface area contributed by atoms with E-state index in [0.29, 0.717) is 0 Å². The molecule has 1 aromatic heterocycles. The summed E-state index contributed by atoms with van der Waals surface area (Å²) in [5.41, 5.74) is 5.15. The van der Waals surface area contributed by atoms with E-state index in [1.165, 1.54) is 0 Å². The molecule has 0 spiro atoms. The van der Waals surface area contributed by atoms with E-state index in [9.17, 15) is 9.36 Å². The molecule has 0 radical (unpaired) electrons. The maximum atomic E-state index is 11.9. The molecule has 0 saturated carbocycles. The summed E-state index contributed by atoms with van der Waals surface area (Å²) in [7, 11) is -4.67. The molecule has 0 aromatic carbocycles. The van der Waals surface area contributed by atoms with Crippen LogP contribution in [0.25, 0.3) is 0 Å². The van der Waals surface area contributed by atoms with Crippen molar-refractivity contribution in [2.45, 2.75) is 18.4 Å². The van der Waals surface area contributed by atoms with Crippen molar-refractivity contribution in [3.63, 3.8) is 0 Å². The molecular weight excluding hydrogens is 509 g/mol. The Morgan fingerprint density at radius 2 is 1.96 bits per heavy atom. The van der Waals surface area contributed by atoms with E-state index < -0.39 is 57.3 Å². The molecule has 17 heteroatoms. The van der Waals surface area contributed by atoms with Crippen LogP contribution < -0.4 is 21.9 Å². The second kappa shape index (κ2) is 8.99. The molecule has 2 aliphatic heterocycles.